The van der Waals surface area contributed by atoms with Crippen molar-refractivity contribution in [2.75, 3.05) is 19.6 Å². The van der Waals surface area contributed by atoms with Crippen LogP contribution in [-0.2, 0) is 0 Å². The Morgan fingerprint density at radius 3 is 2.18 bits per heavy atom. The van der Waals surface area contributed by atoms with E-state index in [1.54, 1.807) is 24.3 Å². The van der Waals surface area contributed by atoms with Crippen LogP contribution in [0.2, 0.25) is 5.02 Å². The summed E-state index contributed by atoms with van der Waals surface area (Å²) in [7, 11) is 0. The first-order chi connectivity index (χ1) is 13.4. The third-order valence-electron chi connectivity index (χ3n) is 5.26. The van der Waals surface area contributed by atoms with Crippen LogP contribution in [0.1, 0.15) is 46.4 Å². The second-order valence-corrected chi connectivity index (χ2v) is 8.59. The first kappa shape index (κ1) is 21.2. The highest BCUT2D eigenvalue weighted by Gasteiger charge is 2.39. The van der Waals surface area contributed by atoms with E-state index < -0.39 is 5.60 Å². The lowest BCUT2D eigenvalue weighted by atomic mass is 9.84. The largest absolute Gasteiger partial charge is 0.382 e. The van der Waals surface area contributed by atoms with Gasteiger partial charge in [0, 0.05) is 40.1 Å². The number of carbonyl (C=O) groups excluding carboxylic acids is 2. The van der Waals surface area contributed by atoms with E-state index in [9.17, 15) is 14.7 Å². The van der Waals surface area contributed by atoms with Gasteiger partial charge >= 0.3 is 0 Å². The fourth-order valence-corrected chi connectivity index (χ4v) is 3.88. The molecule has 0 atom stereocenters. The van der Waals surface area contributed by atoms with E-state index in [0.29, 0.717) is 42.9 Å². The van der Waals surface area contributed by atoms with Gasteiger partial charge in [0.1, 0.15) is 5.60 Å². The Balaban J connectivity index is 1.46. The van der Waals surface area contributed by atoms with Crippen LogP contribution in [-0.4, -0.2) is 46.8 Å². The lowest BCUT2D eigenvalue weighted by Crippen LogP contribution is -2.49. The van der Waals surface area contributed by atoms with Crippen molar-refractivity contribution in [3.63, 3.8) is 0 Å². The molecule has 1 aliphatic rings. The van der Waals surface area contributed by atoms with Gasteiger partial charge in [-0.2, -0.15) is 0 Å². The molecule has 0 amide bonds. The Kier molecular flexibility index (Phi) is 7.05. The van der Waals surface area contributed by atoms with Crippen LogP contribution in [0.15, 0.2) is 53.0 Å². The van der Waals surface area contributed by atoms with Gasteiger partial charge in [0.25, 0.3) is 0 Å². The lowest BCUT2D eigenvalue weighted by Gasteiger charge is -2.37. The van der Waals surface area contributed by atoms with E-state index in [1.807, 2.05) is 24.3 Å². The Morgan fingerprint density at radius 1 is 1.00 bits per heavy atom. The summed E-state index contributed by atoms with van der Waals surface area (Å²) in [6.07, 6.45) is 2.05. The number of carbonyl (C=O) groups is 2. The highest BCUT2D eigenvalue weighted by Crippen LogP contribution is 2.27. The number of rotatable bonds is 7. The zero-order chi connectivity index (χ0) is 20.1. The maximum absolute atomic E-state index is 12.7. The third kappa shape index (κ3) is 5.29. The van der Waals surface area contributed by atoms with Crippen molar-refractivity contribution in [2.45, 2.75) is 31.3 Å². The van der Waals surface area contributed by atoms with Crippen LogP contribution in [0.3, 0.4) is 0 Å². The van der Waals surface area contributed by atoms with E-state index in [2.05, 4.69) is 20.8 Å². The summed E-state index contributed by atoms with van der Waals surface area (Å²) in [6.45, 7) is 2.07. The summed E-state index contributed by atoms with van der Waals surface area (Å²) in [5.74, 6) is -0.104. The van der Waals surface area contributed by atoms with Gasteiger partial charge in [-0.1, -0.05) is 39.7 Å². The molecule has 1 saturated heterocycles. The van der Waals surface area contributed by atoms with E-state index >= 15 is 0 Å². The van der Waals surface area contributed by atoms with Crippen LogP contribution < -0.4 is 0 Å². The van der Waals surface area contributed by atoms with Crippen LogP contribution >= 0.6 is 27.5 Å². The SMILES string of the molecule is O=C(CCCN1CCC(O)(C(=O)c2ccc(Cl)cc2)CC1)c1ccc(Br)cc1. The summed E-state index contributed by atoms with van der Waals surface area (Å²) in [5.41, 5.74) is -0.109. The van der Waals surface area contributed by atoms with Crippen molar-refractivity contribution in [3.05, 3.63) is 69.2 Å². The number of halogens is 2. The Bertz CT molecular complexity index is 828. The average molecular weight is 465 g/mol. The molecule has 0 radical (unpaired) electrons. The van der Waals surface area contributed by atoms with E-state index in [4.69, 9.17) is 11.6 Å². The number of aliphatic hydroxyl groups is 1. The minimum absolute atomic E-state index is 0.138. The minimum atomic E-state index is -1.32. The molecular weight excluding hydrogens is 442 g/mol. The van der Waals surface area contributed by atoms with Crippen LogP contribution in [0, 0.1) is 0 Å². The second-order valence-electron chi connectivity index (χ2n) is 7.24. The maximum Gasteiger partial charge on any atom is 0.194 e. The molecule has 1 aliphatic heterocycles. The van der Waals surface area contributed by atoms with Gasteiger partial charge in [-0.15, -0.1) is 0 Å². The van der Waals surface area contributed by atoms with Crippen molar-refractivity contribution < 1.29 is 14.7 Å². The molecule has 2 aromatic rings. The van der Waals surface area contributed by atoms with Gasteiger partial charge in [-0.05, 0) is 62.2 Å². The topological polar surface area (TPSA) is 57.6 Å². The molecule has 1 fully saturated rings. The summed E-state index contributed by atoms with van der Waals surface area (Å²) in [6, 6.07) is 14.0. The van der Waals surface area contributed by atoms with E-state index in [-0.39, 0.29) is 11.6 Å². The third-order valence-corrected chi connectivity index (χ3v) is 6.04. The molecule has 4 nitrogen and oxygen atoms in total. The fraction of sp³-hybridized carbons (Fsp3) is 0.364. The fourth-order valence-electron chi connectivity index (χ4n) is 3.49. The van der Waals surface area contributed by atoms with Gasteiger partial charge in [0.15, 0.2) is 11.6 Å². The highest BCUT2D eigenvalue weighted by atomic mass is 79.9. The molecule has 28 heavy (non-hydrogen) atoms. The Morgan fingerprint density at radius 2 is 1.57 bits per heavy atom. The number of hydrogen-bond donors (Lipinski definition) is 1. The zero-order valence-corrected chi connectivity index (χ0v) is 17.9. The molecule has 3 rings (SSSR count). The molecule has 6 heteroatoms. The van der Waals surface area contributed by atoms with Crippen LogP contribution in [0.25, 0.3) is 0 Å². The highest BCUT2D eigenvalue weighted by molar-refractivity contribution is 9.10. The number of Topliss-reactive ketones (excluding diaryl/α,β-unsaturated/α-hetero) is 2. The predicted molar refractivity (Wildman–Crippen MR) is 114 cm³/mol. The zero-order valence-electron chi connectivity index (χ0n) is 15.5. The van der Waals surface area contributed by atoms with Crippen LogP contribution in [0.4, 0.5) is 0 Å². The Hall–Kier alpha value is -1.53. The van der Waals surface area contributed by atoms with Crippen molar-refractivity contribution in [1.82, 2.24) is 4.90 Å². The van der Waals surface area contributed by atoms with Crippen molar-refractivity contribution in [2.24, 2.45) is 0 Å². The molecule has 0 aliphatic carbocycles. The van der Waals surface area contributed by atoms with E-state index in [0.717, 1.165) is 23.0 Å². The first-order valence-corrected chi connectivity index (χ1v) is 10.6. The number of benzene rings is 2. The normalized spacial score (nSPS) is 16.7. The predicted octanol–water partition coefficient (Wildman–Crippen LogP) is 4.78. The minimum Gasteiger partial charge on any atom is -0.382 e. The van der Waals surface area contributed by atoms with Gasteiger partial charge in [0.2, 0.25) is 0 Å². The Labute approximate surface area is 178 Å². The van der Waals surface area contributed by atoms with E-state index in [1.165, 1.54) is 0 Å². The molecule has 0 bridgehead atoms. The maximum atomic E-state index is 12.7. The van der Waals surface area contributed by atoms with Crippen molar-refractivity contribution in [3.8, 4) is 0 Å². The van der Waals surface area contributed by atoms with Crippen molar-refractivity contribution in [1.29, 1.82) is 0 Å². The molecule has 0 aromatic heterocycles. The molecule has 2 aromatic carbocycles. The molecule has 0 saturated carbocycles. The molecule has 1 heterocycles. The molecule has 1 N–H and O–H groups in total. The standard InChI is InChI=1S/C22H23BrClNO3/c23-18-7-3-16(4-8-18)20(26)2-1-13-25-14-11-22(28,12-15-25)21(27)17-5-9-19(24)10-6-17/h3-10,28H,1-2,11-15H2. The first-order valence-electron chi connectivity index (χ1n) is 9.41. The molecule has 148 valence electrons. The summed E-state index contributed by atoms with van der Waals surface area (Å²) in [4.78, 5) is 27.1. The smallest absolute Gasteiger partial charge is 0.194 e. The van der Waals surface area contributed by atoms with Gasteiger partial charge in [-0.25, -0.2) is 0 Å². The average Bonchev–Trinajstić information content (AvgIpc) is 2.70. The molecule has 0 spiro atoms. The quantitative estimate of drug-likeness (QED) is 0.599. The monoisotopic (exact) mass is 463 g/mol. The number of ketones is 2. The molecular formula is C22H23BrClNO3. The summed E-state index contributed by atoms with van der Waals surface area (Å²) >= 11 is 9.23. The molecule has 0 unspecified atom stereocenters. The van der Waals surface area contributed by atoms with Gasteiger partial charge in [0.05, 0.1) is 0 Å². The van der Waals surface area contributed by atoms with Gasteiger partial charge in [-0.3, -0.25) is 9.59 Å². The number of hydrogen-bond acceptors (Lipinski definition) is 4. The number of piperidine rings is 1. The summed E-state index contributed by atoms with van der Waals surface area (Å²) in [5, 5.41) is 11.4. The number of nitrogens with zero attached hydrogens (tertiary/aromatic N) is 1. The summed E-state index contributed by atoms with van der Waals surface area (Å²) < 4.78 is 0.956. The van der Waals surface area contributed by atoms with Crippen LogP contribution in [0.5, 0.6) is 0 Å². The number of likely N-dealkylation sites (tertiary alicyclic amines) is 1. The second kappa shape index (κ2) is 9.31. The van der Waals surface area contributed by atoms with Gasteiger partial charge < -0.3 is 10.0 Å². The lowest BCUT2D eigenvalue weighted by molar-refractivity contribution is -0.00648. The van der Waals surface area contributed by atoms with Crippen molar-refractivity contribution >= 4 is 39.1 Å².